The highest BCUT2D eigenvalue weighted by molar-refractivity contribution is 7.99. The van der Waals surface area contributed by atoms with Crippen molar-refractivity contribution in [1.29, 1.82) is 0 Å². The molecular weight excluding hydrogens is 380 g/mol. The standard InChI is InChI=1S/C18H16N6O3S/c1-19-17(25)11-4-7-15(14(9-11)24(26)27)28-18-22-21-16(23(18)13-5-6-13)12-3-2-8-20-10-12/h2-4,7-10,13H,5-6H2,1H3,(H,19,25). The minimum absolute atomic E-state index is 0.139. The first kappa shape index (κ1) is 18.1. The fourth-order valence-electron chi connectivity index (χ4n) is 2.83. The van der Waals surface area contributed by atoms with Gasteiger partial charge in [0.1, 0.15) is 0 Å². The highest BCUT2D eigenvalue weighted by Crippen LogP contribution is 2.43. The normalized spacial score (nSPS) is 13.3. The number of nitrogens with zero attached hydrogens (tertiary/aromatic N) is 5. The number of carbonyl (C=O) groups is 1. The number of hydrogen-bond donors (Lipinski definition) is 1. The van der Waals surface area contributed by atoms with Crippen LogP contribution in [0.3, 0.4) is 0 Å². The van der Waals surface area contributed by atoms with Crippen LogP contribution in [0.15, 0.2) is 52.8 Å². The Kier molecular flexibility index (Phi) is 4.78. The van der Waals surface area contributed by atoms with E-state index in [1.165, 1.54) is 24.9 Å². The maximum Gasteiger partial charge on any atom is 0.284 e. The van der Waals surface area contributed by atoms with Gasteiger partial charge in [0.2, 0.25) is 0 Å². The van der Waals surface area contributed by atoms with E-state index in [0.717, 1.165) is 18.4 Å². The third kappa shape index (κ3) is 3.46. The zero-order valence-corrected chi connectivity index (χ0v) is 15.7. The monoisotopic (exact) mass is 396 g/mol. The number of nitro groups is 1. The summed E-state index contributed by atoms with van der Waals surface area (Å²) in [5.74, 6) is 0.322. The van der Waals surface area contributed by atoms with Crippen LogP contribution in [0.25, 0.3) is 11.4 Å². The summed E-state index contributed by atoms with van der Waals surface area (Å²) in [4.78, 5) is 27.4. The lowest BCUT2D eigenvalue weighted by Crippen LogP contribution is -2.17. The molecule has 2 heterocycles. The van der Waals surface area contributed by atoms with Crippen LogP contribution in [0, 0.1) is 10.1 Å². The highest BCUT2D eigenvalue weighted by Gasteiger charge is 2.31. The smallest absolute Gasteiger partial charge is 0.284 e. The molecule has 0 spiro atoms. The second-order valence-electron chi connectivity index (χ2n) is 6.27. The van der Waals surface area contributed by atoms with Gasteiger partial charge in [0, 0.05) is 42.7 Å². The molecule has 0 atom stereocenters. The molecule has 0 radical (unpaired) electrons. The van der Waals surface area contributed by atoms with Crippen LogP contribution in [0.2, 0.25) is 0 Å². The van der Waals surface area contributed by atoms with Gasteiger partial charge in [-0.2, -0.15) is 0 Å². The number of aromatic nitrogens is 4. The number of nitro benzene ring substituents is 1. The first-order chi connectivity index (χ1) is 13.6. The lowest BCUT2D eigenvalue weighted by Gasteiger charge is -2.09. The Morgan fingerprint density at radius 1 is 1.32 bits per heavy atom. The van der Waals surface area contributed by atoms with Crippen LogP contribution in [0.4, 0.5) is 5.69 Å². The molecule has 4 rings (SSSR count). The minimum Gasteiger partial charge on any atom is -0.355 e. The average Bonchev–Trinajstić information content (AvgIpc) is 3.48. The largest absolute Gasteiger partial charge is 0.355 e. The van der Waals surface area contributed by atoms with Crippen LogP contribution in [0.5, 0.6) is 0 Å². The number of amides is 1. The zero-order chi connectivity index (χ0) is 19.7. The number of benzene rings is 1. The number of rotatable bonds is 6. The SMILES string of the molecule is CNC(=O)c1ccc(Sc2nnc(-c3cccnc3)n2C2CC2)c([N+](=O)[O-])c1. The Morgan fingerprint density at radius 3 is 2.79 bits per heavy atom. The van der Waals surface area contributed by atoms with Crippen molar-refractivity contribution in [3.8, 4) is 11.4 Å². The van der Waals surface area contributed by atoms with Crippen LogP contribution in [-0.4, -0.2) is 37.6 Å². The van der Waals surface area contributed by atoms with Gasteiger partial charge in [-0.05, 0) is 48.9 Å². The molecule has 10 heteroatoms. The molecule has 1 aliphatic rings. The Hall–Kier alpha value is -3.27. The maximum absolute atomic E-state index is 11.8. The summed E-state index contributed by atoms with van der Waals surface area (Å²) in [6.45, 7) is 0. The summed E-state index contributed by atoms with van der Waals surface area (Å²) in [6.07, 6.45) is 5.43. The second kappa shape index (κ2) is 7.39. The van der Waals surface area contributed by atoms with Crippen LogP contribution < -0.4 is 5.32 Å². The number of carbonyl (C=O) groups excluding carboxylic acids is 1. The molecular formula is C18H16N6O3S. The quantitative estimate of drug-likeness (QED) is 0.503. The molecule has 2 aromatic heterocycles. The molecule has 0 bridgehead atoms. The number of pyridine rings is 1. The summed E-state index contributed by atoms with van der Waals surface area (Å²) in [7, 11) is 1.48. The van der Waals surface area contributed by atoms with Crippen molar-refractivity contribution in [2.24, 2.45) is 0 Å². The zero-order valence-electron chi connectivity index (χ0n) is 14.9. The average molecular weight is 396 g/mol. The van der Waals surface area contributed by atoms with Gasteiger partial charge in [-0.3, -0.25) is 24.5 Å². The lowest BCUT2D eigenvalue weighted by atomic mass is 10.2. The molecule has 1 fully saturated rings. The Balaban J connectivity index is 1.73. The number of nitrogens with one attached hydrogen (secondary N) is 1. The Labute approximate surface area is 164 Å². The van der Waals surface area contributed by atoms with Gasteiger partial charge in [-0.25, -0.2) is 0 Å². The Bertz CT molecular complexity index is 1050. The van der Waals surface area contributed by atoms with Gasteiger partial charge in [0.15, 0.2) is 11.0 Å². The van der Waals surface area contributed by atoms with E-state index in [1.54, 1.807) is 24.5 Å². The highest BCUT2D eigenvalue weighted by atomic mass is 32.2. The van der Waals surface area contributed by atoms with E-state index in [4.69, 9.17) is 0 Å². The summed E-state index contributed by atoms with van der Waals surface area (Å²) in [5.41, 5.74) is 0.941. The minimum atomic E-state index is -0.491. The molecule has 0 aliphatic heterocycles. The first-order valence-electron chi connectivity index (χ1n) is 8.62. The van der Waals surface area contributed by atoms with E-state index in [0.29, 0.717) is 15.9 Å². The molecule has 1 aliphatic carbocycles. The summed E-state index contributed by atoms with van der Waals surface area (Å²) in [5, 5.41) is 23.2. The van der Waals surface area contributed by atoms with E-state index in [9.17, 15) is 14.9 Å². The molecule has 9 nitrogen and oxygen atoms in total. The van der Waals surface area contributed by atoms with Crippen LogP contribution >= 0.6 is 11.8 Å². The van der Waals surface area contributed by atoms with Crippen LogP contribution in [-0.2, 0) is 0 Å². The van der Waals surface area contributed by atoms with Gasteiger partial charge in [-0.1, -0.05) is 0 Å². The van der Waals surface area contributed by atoms with Gasteiger partial charge in [-0.15, -0.1) is 10.2 Å². The third-order valence-corrected chi connectivity index (χ3v) is 5.37. The van der Waals surface area contributed by atoms with Crippen molar-refractivity contribution in [2.45, 2.75) is 28.9 Å². The van der Waals surface area contributed by atoms with Gasteiger partial charge >= 0.3 is 0 Å². The van der Waals surface area contributed by atoms with Crippen molar-refractivity contribution >= 4 is 23.4 Å². The molecule has 1 N–H and O–H groups in total. The summed E-state index contributed by atoms with van der Waals surface area (Å²) in [6, 6.07) is 8.43. The van der Waals surface area contributed by atoms with E-state index in [2.05, 4.69) is 20.5 Å². The van der Waals surface area contributed by atoms with Gasteiger partial charge in [0.25, 0.3) is 11.6 Å². The molecule has 1 aromatic carbocycles. The van der Waals surface area contributed by atoms with Crippen molar-refractivity contribution in [3.05, 3.63) is 58.4 Å². The molecule has 1 amide bonds. The third-order valence-electron chi connectivity index (χ3n) is 4.34. The second-order valence-corrected chi connectivity index (χ2v) is 7.28. The predicted molar refractivity (Wildman–Crippen MR) is 102 cm³/mol. The maximum atomic E-state index is 11.8. The molecule has 1 saturated carbocycles. The fraction of sp³-hybridized carbons (Fsp3) is 0.222. The van der Waals surface area contributed by atoms with Crippen molar-refractivity contribution in [1.82, 2.24) is 25.1 Å². The molecule has 0 unspecified atom stereocenters. The van der Waals surface area contributed by atoms with E-state index in [-0.39, 0.29) is 23.2 Å². The molecule has 142 valence electrons. The fourth-order valence-corrected chi connectivity index (χ4v) is 3.82. The summed E-state index contributed by atoms with van der Waals surface area (Å²) < 4.78 is 2.01. The first-order valence-corrected chi connectivity index (χ1v) is 9.44. The molecule has 28 heavy (non-hydrogen) atoms. The van der Waals surface area contributed by atoms with Crippen molar-refractivity contribution < 1.29 is 9.72 Å². The van der Waals surface area contributed by atoms with E-state index in [1.807, 2.05) is 16.7 Å². The molecule has 0 saturated heterocycles. The van der Waals surface area contributed by atoms with Gasteiger partial charge < -0.3 is 5.32 Å². The van der Waals surface area contributed by atoms with Gasteiger partial charge in [0.05, 0.1) is 9.82 Å². The summed E-state index contributed by atoms with van der Waals surface area (Å²) >= 11 is 1.18. The topological polar surface area (TPSA) is 116 Å². The number of hydrogen-bond acceptors (Lipinski definition) is 7. The van der Waals surface area contributed by atoms with E-state index >= 15 is 0 Å². The predicted octanol–water partition coefficient (Wildman–Crippen LogP) is 3.09. The molecule has 3 aromatic rings. The van der Waals surface area contributed by atoms with E-state index < -0.39 is 4.92 Å². The lowest BCUT2D eigenvalue weighted by molar-refractivity contribution is -0.387. The van der Waals surface area contributed by atoms with Crippen molar-refractivity contribution in [3.63, 3.8) is 0 Å². The van der Waals surface area contributed by atoms with Crippen molar-refractivity contribution in [2.75, 3.05) is 7.05 Å². The Morgan fingerprint density at radius 2 is 2.14 bits per heavy atom. The van der Waals surface area contributed by atoms with Crippen LogP contribution in [0.1, 0.15) is 29.2 Å².